The number of hydrogen-bond acceptors (Lipinski definition) is 6. The zero-order valence-electron chi connectivity index (χ0n) is 14.4. The number of aryl methyl sites for hydroxylation is 1. The fourth-order valence-electron chi connectivity index (χ4n) is 4.04. The lowest BCUT2D eigenvalue weighted by Gasteiger charge is -2.38. The van der Waals surface area contributed by atoms with Gasteiger partial charge in [-0.15, -0.1) is 5.10 Å². The molecule has 2 saturated heterocycles. The zero-order valence-corrected chi connectivity index (χ0v) is 15.3. The molecule has 1 unspecified atom stereocenters. The number of piperidine rings is 1. The molecule has 2 aromatic heterocycles. The van der Waals surface area contributed by atoms with E-state index in [1.807, 2.05) is 6.92 Å². The van der Waals surface area contributed by atoms with E-state index in [1.165, 1.54) is 48.1 Å². The quantitative estimate of drug-likeness (QED) is 0.852. The van der Waals surface area contributed by atoms with Gasteiger partial charge in [-0.25, -0.2) is 4.98 Å². The molecule has 1 atom stereocenters. The van der Waals surface area contributed by atoms with Gasteiger partial charge in [0.1, 0.15) is 0 Å². The van der Waals surface area contributed by atoms with Crippen molar-refractivity contribution < 1.29 is 0 Å². The number of aromatic nitrogens is 3. The minimum Gasteiger partial charge on any atom is -0.347 e. The molecule has 2 aliphatic rings. The summed E-state index contributed by atoms with van der Waals surface area (Å²) in [5.41, 5.74) is 0.775. The maximum absolute atomic E-state index is 12.2. The van der Waals surface area contributed by atoms with Crippen LogP contribution in [-0.2, 0) is 6.42 Å². The summed E-state index contributed by atoms with van der Waals surface area (Å²) in [6.07, 6.45) is 5.82. The molecule has 6 nitrogen and oxygen atoms in total. The Labute approximate surface area is 146 Å². The van der Waals surface area contributed by atoms with E-state index >= 15 is 0 Å². The molecule has 2 aromatic rings. The highest BCUT2D eigenvalue weighted by atomic mass is 32.1. The van der Waals surface area contributed by atoms with E-state index in [1.54, 1.807) is 6.07 Å². The largest absolute Gasteiger partial charge is 0.347 e. The summed E-state index contributed by atoms with van der Waals surface area (Å²) in [5, 5.41) is 5.45. The fourth-order valence-corrected chi connectivity index (χ4v) is 5.02. The molecule has 2 fully saturated rings. The van der Waals surface area contributed by atoms with Gasteiger partial charge in [0.25, 0.3) is 5.56 Å². The monoisotopic (exact) mass is 347 g/mol. The SMILES string of the molecule is CCc1cc(=O)n2nc(N3CCC(N4CCCC4C)CC3)sc2n1. The highest BCUT2D eigenvalue weighted by molar-refractivity contribution is 7.20. The topological polar surface area (TPSA) is 53.7 Å². The van der Waals surface area contributed by atoms with E-state index < -0.39 is 0 Å². The zero-order chi connectivity index (χ0) is 16.7. The molecule has 24 heavy (non-hydrogen) atoms. The molecule has 130 valence electrons. The molecule has 2 aliphatic heterocycles. The van der Waals surface area contributed by atoms with Gasteiger partial charge < -0.3 is 4.90 Å². The van der Waals surface area contributed by atoms with E-state index in [0.717, 1.165) is 36.4 Å². The Morgan fingerprint density at radius 2 is 2.04 bits per heavy atom. The molecule has 0 amide bonds. The van der Waals surface area contributed by atoms with Crippen molar-refractivity contribution >= 4 is 21.4 Å². The highest BCUT2D eigenvalue weighted by Gasteiger charge is 2.31. The van der Waals surface area contributed by atoms with Gasteiger partial charge in [-0.05, 0) is 45.6 Å². The van der Waals surface area contributed by atoms with E-state index in [0.29, 0.717) is 11.0 Å². The molecule has 0 aliphatic carbocycles. The lowest BCUT2D eigenvalue weighted by Crippen LogP contribution is -2.46. The van der Waals surface area contributed by atoms with Crippen molar-refractivity contribution in [3.05, 3.63) is 22.1 Å². The normalized spacial score (nSPS) is 23.4. The first-order valence-corrected chi connectivity index (χ1v) is 9.88. The molecule has 0 N–H and O–H groups in total. The van der Waals surface area contributed by atoms with Gasteiger partial charge in [-0.2, -0.15) is 4.52 Å². The van der Waals surface area contributed by atoms with Gasteiger partial charge in [0.2, 0.25) is 10.1 Å². The van der Waals surface area contributed by atoms with Crippen molar-refractivity contribution in [2.45, 2.75) is 58.0 Å². The third-order valence-corrected chi connectivity index (χ3v) is 6.43. The second-order valence-corrected chi connectivity index (χ2v) is 7.90. The van der Waals surface area contributed by atoms with Crippen molar-refractivity contribution in [2.24, 2.45) is 0 Å². The minimum atomic E-state index is -0.0693. The highest BCUT2D eigenvalue weighted by Crippen LogP contribution is 2.29. The Kier molecular flexibility index (Phi) is 4.30. The number of anilines is 1. The second-order valence-electron chi connectivity index (χ2n) is 6.97. The molecular weight excluding hydrogens is 322 g/mol. The Hall–Kier alpha value is -1.47. The summed E-state index contributed by atoms with van der Waals surface area (Å²) in [6, 6.07) is 3.04. The van der Waals surface area contributed by atoms with Crippen LogP contribution in [0.4, 0.5) is 5.13 Å². The van der Waals surface area contributed by atoms with Gasteiger partial charge in [0.15, 0.2) is 0 Å². The summed E-state index contributed by atoms with van der Waals surface area (Å²) in [4.78, 5) is 22.4. The lowest BCUT2D eigenvalue weighted by atomic mass is 10.0. The first-order chi connectivity index (χ1) is 11.7. The number of nitrogens with zero attached hydrogens (tertiary/aromatic N) is 5. The third-order valence-electron chi connectivity index (χ3n) is 5.46. The van der Waals surface area contributed by atoms with Crippen molar-refractivity contribution in [2.75, 3.05) is 24.5 Å². The molecule has 0 saturated carbocycles. The predicted octanol–water partition coefficient (Wildman–Crippen LogP) is 2.17. The molecule has 0 spiro atoms. The van der Waals surface area contributed by atoms with E-state index in [-0.39, 0.29) is 5.56 Å². The Morgan fingerprint density at radius 3 is 2.71 bits per heavy atom. The van der Waals surface area contributed by atoms with Crippen LogP contribution in [0.25, 0.3) is 4.96 Å². The summed E-state index contributed by atoms with van der Waals surface area (Å²) < 4.78 is 1.45. The Morgan fingerprint density at radius 1 is 1.25 bits per heavy atom. The number of hydrogen-bond donors (Lipinski definition) is 0. The lowest BCUT2D eigenvalue weighted by molar-refractivity contribution is 0.163. The standard InChI is InChI=1S/C17H25N5OS/c1-3-13-11-15(23)22-16(18-13)24-17(19-22)20-9-6-14(7-10-20)21-8-4-5-12(21)2/h11-12,14H,3-10H2,1-2H3. The maximum atomic E-state index is 12.2. The predicted molar refractivity (Wildman–Crippen MR) is 97.1 cm³/mol. The Bertz CT molecular complexity index is 777. The molecule has 7 heteroatoms. The number of rotatable bonds is 3. The van der Waals surface area contributed by atoms with Crippen LogP contribution < -0.4 is 10.5 Å². The summed E-state index contributed by atoms with van der Waals surface area (Å²) in [5.74, 6) is 0. The number of fused-ring (bicyclic) bond motifs is 1. The molecule has 0 aromatic carbocycles. The average molecular weight is 347 g/mol. The number of likely N-dealkylation sites (tertiary alicyclic amines) is 1. The van der Waals surface area contributed by atoms with Gasteiger partial charge in [0.05, 0.1) is 0 Å². The van der Waals surface area contributed by atoms with Crippen LogP contribution in [0.1, 0.15) is 45.2 Å². The Balaban J connectivity index is 1.50. The maximum Gasteiger partial charge on any atom is 0.275 e. The first-order valence-electron chi connectivity index (χ1n) is 9.06. The average Bonchev–Trinajstić information content (AvgIpc) is 3.21. The van der Waals surface area contributed by atoms with Crippen molar-refractivity contribution in [1.29, 1.82) is 0 Å². The summed E-state index contributed by atoms with van der Waals surface area (Å²) in [6.45, 7) is 7.67. The van der Waals surface area contributed by atoms with Crippen LogP contribution in [0.5, 0.6) is 0 Å². The minimum absolute atomic E-state index is 0.0693. The fraction of sp³-hybridized carbons (Fsp3) is 0.706. The van der Waals surface area contributed by atoms with Crippen LogP contribution in [-0.4, -0.2) is 51.2 Å². The van der Waals surface area contributed by atoms with E-state index in [4.69, 9.17) is 0 Å². The van der Waals surface area contributed by atoms with Crippen molar-refractivity contribution in [1.82, 2.24) is 19.5 Å². The van der Waals surface area contributed by atoms with Crippen LogP contribution in [0.3, 0.4) is 0 Å². The van der Waals surface area contributed by atoms with Crippen LogP contribution in [0.15, 0.2) is 10.9 Å². The van der Waals surface area contributed by atoms with Gasteiger partial charge in [-0.1, -0.05) is 18.3 Å². The molecule has 4 rings (SSSR count). The van der Waals surface area contributed by atoms with Crippen LogP contribution in [0, 0.1) is 0 Å². The summed E-state index contributed by atoms with van der Waals surface area (Å²) in [7, 11) is 0. The molecule has 0 bridgehead atoms. The van der Waals surface area contributed by atoms with Crippen molar-refractivity contribution in [3.63, 3.8) is 0 Å². The first kappa shape index (κ1) is 16.0. The van der Waals surface area contributed by atoms with Gasteiger partial charge >= 0.3 is 0 Å². The second kappa shape index (κ2) is 6.44. The van der Waals surface area contributed by atoms with E-state index in [9.17, 15) is 4.79 Å². The van der Waals surface area contributed by atoms with Crippen molar-refractivity contribution in [3.8, 4) is 0 Å². The smallest absolute Gasteiger partial charge is 0.275 e. The van der Waals surface area contributed by atoms with Crippen LogP contribution in [0.2, 0.25) is 0 Å². The van der Waals surface area contributed by atoms with Gasteiger partial charge in [0, 0.05) is 36.9 Å². The molecule has 0 radical (unpaired) electrons. The van der Waals surface area contributed by atoms with Crippen LogP contribution >= 0.6 is 11.3 Å². The van der Waals surface area contributed by atoms with Gasteiger partial charge in [-0.3, -0.25) is 9.69 Å². The third kappa shape index (κ3) is 2.84. The molecule has 4 heterocycles. The summed E-state index contributed by atoms with van der Waals surface area (Å²) >= 11 is 1.53. The van der Waals surface area contributed by atoms with E-state index in [2.05, 4.69) is 26.8 Å². The molecular formula is C17H25N5OS.